The number of nitrogens with one attached hydrogen (secondary N) is 2. The van der Waals surface area contributed by atoms with Crippen molar-refractivity contribution in [2.45, 2.75) is 13.5 Å². The van der Waals surface area contributed by atoms with E-state index in [9.17, 15) is 0 Å². The first kappa shape index (κ1) is 18.3. The minimum Gasteiger partial charge on any atom is -0.495 e. The summed E-state index contributed by atoms with van der Waals surface area (Å²) >= 11 is 12.1. The Labute approximate surface area is 162 Å². The van der Waals surface area contributed by atoms with E-state index in [1.807, 2.05) is 37.3 Å². The fraction of sp³-hybridized carbons (Fsp3) is 0.158. The lowest BCUT2D eigenvalue weighted by molar-refractivity contribution is 0.416. The van der Waals surface area contributed by atoms with Crippen molar-refractivity contribution < 1.29 is 4.74 Å². The molecule has 0 amide bonds. The van der Waals surface area contributed by atoms with Gasteiger partial charge < -0.3 is 15.4 Å². The quantitative estimate of drug-likeness (QED) is 0.587. The van der Waals surface area contributed by atoms with Crippen LogP contribution in [-0.4, -0.2) is 17.1 Å². The van der Waals surface area contributed by atoms with Crippen molar-refractivity contribution >= 4 is 40.7 Å². The summed E-state index contributed by atoms with van der Waals surface area (Å²) in [5.41, 5.74) is 2.83. The summed E-state index contributed by atoms with van der Waals surface area (Å²) in [6, 6.07) is 13.1. The number of hydrogen-bond donors (Lipinski definition) is 2. The number of methoxy groups -OCH3 is 1. The van der Waals surface area contributed by atoms with Crippen molar-refractivity contribution in [2.75, 3.05) is 17.7 Å². The molecule has 0 unspecified atom stereocenters. The molecule has 0 atom stereocenters. The van der Waals surface area contributed by atoms with Crippen LogP contribution >= 0.6 is 23.2 Å². The first-order chi connectivity index (χ1) is 12.5. The van der Waals surface area contributed by atoms with Crippen LogP contribution in [-0.2, 0) is 6.54 Å². The second-order valence-electron chi connectivity index (χ2n) is 5.67. The van der Waals surface area contributed by atoms with Crippen molar-refractivity contribution in [1.82, 2.24) is 9.97 Å². The van der Waals surface area contributed by atoms with Crippen LogP contribution in [0.4, 0.5) is 17.5 Å². The highest BCUT2D eigenvalue weighted by atomic mass is 35.5. The van der Waals surface area contributed by atoms with Crippen molar-refractivity contribution in [3.05, 3.63) is 69.8 Å². The zero-order valence-electron chi connectivity index (χ0n) is 14.4. The third-order valence-corrected chi connectivity index (χ3v) is 4.42. The highest BCUT2D eigenvalue weighted by molar-refractivity contribution is 6.31. The molecule has 3 aromatic rings. The SMILES string of the molecule is COc1cc(Cl)c(C)cc1Nc1ccnc(NCc2ccc(Cl)cc2)n1. The average molecular weight is 389 g/mol. The molecule has 0 saturated carbocycles. The Kier molecular flexibility index (Phi) is 5.81. The molecule has 2 aromatic carbocycles. The molecule has 134 valence electrons. The summed E-state index contributed by atoms with van der Waals surface area (Å²) in [5, 5.41) is 7.81. The molecular formula is C19H18Cl2N4O. The number of aromatic nitrogens is 2. The van der Waals surface area contributed by atoms with Gasteiger partial charge in [0.1, 0.15) is 11.6 Å². The zero-order valence-corrected chi connectivity index (χ0v) is 15.9. The molecule has 7 heteroatoms. The third kappa shape index (κ3) is 4.56. The summed E-state index contributed by atoms with van der Waals surface area (Å²) < 4.78 is 5.38. The van der Waals surface area contributed by atoms with E-state index < -0.39 is 0 Å². The third-order valence-electron chi connectivity index (χ3n) is 3.76. The minimum absolute atomic E-state index is 0.523. The second-order valence-corrected chi connectivity index (χ2v) is 6.52. The van der Waals surface area contributed by atoms with Crippen LogP contribution in [0, 0.1) is 6.92 Å². The van der Waals surface area contributed by atoms with E-state index >= 15 is 0 Å². The Bertz CT molecular complexity index is 901. The maximum Gasteiger partial charge on any atom is 0.224 e. The van der Waals surface area contributed by atoms with Crippen molar-refractivity contribution in [2.24, 2.45) is 0 Å². The van der Waals surface area contributed by atoms with Gasteiger partial charge in [-0.25, -0.2) is 4.98 Å². The molecule has 0 spiro atoms. The molecule has 0 radical (unpaired) electrons. The number of hydrogen-bond acceptors (Lipinski definition) is 5. The Morgan fingerprint density at radius 2 is 1.85 bits per heavy atom. The zero-order chi connectivity index (χ0) is 18.5. The van der Waals surface area contributed by atoms with Gasteiger partial charge in [0.05, 0.1) is 12.8 Å². The van der Waals surface area contributed by atoms with Gasteiger partial charge in [-0.1, -0.05) is 35.3 Å². The van der Waals surface area contributed by atoms with Crippen LogP contribution < -0.4 is 15.4 Å². The molecule has 0 saturated heterocycles. The normalized spacial score (nSPS) is 10.5. The van der Waals surface area contributed by atoms with Crippen LogP contribution in [0.15, 0.2) is 48.7 Å². The first-order valence-electron chi connectivity index (χ1n) is 7.97. The Balaban J connectivity index is 1.73. The van der Waals surface area contributed by atoms with Gasteiger partial charge in [-0.05, 0) is 42.3 Å². The molecule has 1 aromatic heterocycles. The monoisotopic (exact) mass is 388 g/mol. The van der Waals surface area contributed by atoms with Crippen LogP contribution in [0.2, 0.25) is 10.0 Å². The lowest BCUT2D eigenvalue weighted by atomic mass is 10.2. The maximum absolute atomic E-state index is 6.15. The second kappa shape index (κ2) is 8.25. The van der Waals surface area contributed by atoms with Crippen molar-refractivity contribution in [1.29, 1.82) is 0 Å². The summed E-state index contributed by atoms with van der Waals surface area (Å²) in [7, 11) is 1.60. The average Bonchev–Trinajstić information content (AvgIpc) is 2.64. The van der Waals surface area contributed by atoms with E-state index in [1.54, 1.807) is 25.4 Å². The largest absolute Gasteiger partial charge is 0.495 e. The van der Waals surface area contributed by atoms with E-state index in [0.29, 0.717) is 34.1 Å². The molecular weight excluding hydrogens is 371 g/mol. The first-order valence-corrected chi connectivity index (χ1v) is 8.73. The fourth-order valence-electron chi connectivity index (χ4n) is 2.36. The topological polar surface area (TPSA) is 59.1 Å². The summed E-state index contributed by atoms with van der Waals surface area (Å²) in [4.78, 5) is 8.73. The van der Waals surface area contributed by atoms with E-state index in [2.05, 4.69) is 20.6 Å². The fourth-order valence-corrected chi connectivity index (χ4v) is 2.64. The number of nitrogens with zero attached hydrogens (tertiary/aromatic N) is 2. The highest BCUT2D eigenvalue weighted by Gasteiger charge is 2.08. The molecule has 3 rings (SSSR count). The van der Waals surface area contributed by atoms with Crippen LogP contribution in [0.5, 0.6) is 5.75 Å². The lowest BCUT2D eigenvalue weighted by Crippen LogP contribution is -2.05. The number of anilines is 3. The molecule has 26 heavy (non-hydrogen) atoms. The van der Waals surface area contributed by atoms with Gasteiger partial charge in [0.15, 0.2) is 0 Å². The molecule has 0 aliphatic carbocycles. The summed E-state index contributed by atoms with van der Waals surface area (Å²) in [5.74, 6) is 1.82. The Hall–Kier alpha value is -2.50. The lowest BCUT2D eigenvalue weighted by Gasteiger charge is -2.13. The Morgan fingerprint density at radius 3 is 2.58 bits per heavy atom. The minimum atomic E-state index is 0.523. The van der Waals surface area contributed by atoms with Gasteiger partial charge in [-0.2, -0.15) is 4.98 Å². The van der Waals surface area contributed by atoms with E-state index in [-0.39, 0.29) is 0 Å². The van der Waals surface area contributed by atoms with E-state index in [0.717, 1.165) is 16.8 Å². The van der Waals surface area contributed by atoms with Crippen LogP contribution in [0.3, 0.4) is 0 Å². The van der Waals surface area contributed by atoms with E-state index in [4.69, 9.17) is 27.9 Å². The number of halogens is 2. The number of ether oxygens (including phenoxy) is 1. The standard InChI is InChI=1S/C19H18Cl2N4O/c1-12-9-16(17(26-2)10-15(12)21)24-18-7-8-22-19(25-18)23-11-13-3-5-14(20)6-4-13/h3-10H,11H2,1-2H3,(H2,22,23,24,25). The van der Waals surface area contributed by atoms with Gasteiger partial charge in [-0.3, -0.25) is 0 Å². The maximum atomic E-state index is 6.15. The highest BCUT2D eigenvalue weighted by Crippen LogP contribution is 2.32. The van der Waals surface area contributed by atoms with Gasteiger partial charge in [0.25, 0.3) is 0 Å². The number of rotatable bonds is 6. The molecule has 0 aliphatic rings. The Morgan fingerprint density at radius 1 is 1.08 bits per heavy atom. The van der Waals surface area contributed by atoms with Crippen LogP contribution in [0.1, 0.15) is 11.1 Å². The van der Waals surface area contributed by atoms with Gasteiger partial charge in [0.2, 0.25) is 5.95 Å². The molecule has 5 nitrogen and oxygen atoms in total. The number of aryl methyl sites for hydroxylation is 1. The van der Waals surface area contributed by atoms with Gasteiger partial charge >= 0.3 is 0 Å². The van der Waals surface area contributed by atoms with Crippen molar-refractivity contribution in [3.63, 3.8) is 0 Å². The predicted molar refractivity (Wildman–Crippen MR) is 107 cm³/mol. The molecule has 0 fully saturated rings. The molecule has 2 N–H and O–H groups in total. The smallest absolute Gasteiger partial charge is 0.224 e. The van der Waals surface area contributed by atoms with Crippen molar-refractivity contribution in [3.8, 4) is 5.75 Å². The molecule has 0 bridgehead atoms. The molecule has 0 aliphatic heterocycles. The van der Waals surface area contributed by atoms with E-state index in [1.165, 1.54) is 0 Å². The summed E-state index contributed by atoms with van der Waals surface area (Å²) in [6.45, 7) is 2.54. The van der Waals surface area contributed by atoms with Crippen LogP contribution in [0.25, 0.3) is 0 Å². The number of benzene rings is 2. The summed E-state index contributed by atoms with van der Waals surface area (Å²) in [6.07, 6.45) is 1.69. The predicted octanol–water partition coefficient (Wildman–Crippen LogP) is 5.46. The van der Waals surface area contributed by atoms with Gasteiger partial charge in [-0.15, -0.1) is 0 Å². The molecule has 1 heterocycles. The van der Waals surface area contributed by atoms with Gasteiger partial charge in [0, 0.05) is 28.9 Å².